The summed E-state index contributed by atoms with van der Waals surface area (Å²) < 4.78 is 0. The van der Waals surface area contributed by atoms with E-state index in [-0.39, 0.29) is 24.0 Å². The van der Waals surface area contributed by atoms with Gasteiger partial charge in [-0.1, -0.05) is 37.1 Å². The van der Waals surface area contributed by atoms with Crippen LogP contribution in [-0.4, -0.2) is 28.2 Å². The number of anilines is 1. The average molecular weight is 337 g/mol. The number of nitrogens with one attached hydrogen (secondary N) is 2. The van der Waals surface area contributed by atoms with Crippen LogP contribution in [0.5, 0.6) is 0 Å². The first-order valence-electron chi connectivity index (χ1n) is 8.95. The predicted octanol–water partition coefficient (Wildman–Crippen LogP) is 2.19. The molecule has 4 rings (SSSR count). The standard InChI is InChI=1S/C19H23N5O/c20-18-14-8-4-1-5-12(14)11-16(18)22-17-10-9-15(23-24-17)19(25)21-13-6-2-3-7-13/h1,4-5,8-10,13,16,18H,2-3,6-7,11,20H2,(H,21,25)(H,22,24)/t16-,18-/m1/s1. The van der Waals surface area contributed by atoms with E-state index in [1.807, 2.05) is 12.1 Å². The topological polar surface area (TPSA) is 92.9 Å². The molecule has 6 heteroatoms. The summed E-state index contributed by atoms with van der Waals surface area (Å²) >= 11 is 0. The molecule has 0 saturated heterocycles. The lowest BCUT2D eigenvalue weighted by molar-refractivity contribution is 0.0932. The van der Waals surface area contributed by atoms with Gasteiger partial charge in [-0.3, -0.25) is 4.79 Å². The highest BCUT2D eigenvalue weighted by Crippen LogP contribution is 2.31. The van der Waals surface area contributed by atoms with Gasteiger partial charge >= 0.3 is 0 Å². The van der Waals surface area contributed by atoms with Gasteiger partial charge in [0.2, 0.25) is 0 Å². The van der Waals surface area contributed by atoms with Gasteiger partial charge in [0.1, 0.15) is 5.82 Å². The number of nitrogens with zero attached hydrogens (tertiary/aromatic N) is 2. The normalized spacial score (nSPS) is 22.6. The Morgan fingerprint density at radius 2 is 1.88 bits per heavy atom. The largest absolute Gasteiger partial charge is 0.364 e. The van der Waals surface area contributed by atoms with E-state index in [1.165, 1.54) is 24.0 Å². The van der Waals surface area contributed by atoms with Crippen LogP contribution in [0.25, 0.3) is 0 Å². The van der Waals surface area contributed by atoms with Crippen molar-refractivity contribution in [3.05, 3.63) is 53.2 Å². The molecule has 0 radical (unpaired) electrons. The molecule has 2 aliphatic carbocycles. The van der Waals surface area contributed by atoms with Crippen molar-refractivity contribution in [2.24, 2.45) is 5.73 Å². The third kappa shape index (κ3) is 3.35. The van der Waals surface area contributed by atoms with Crippen molar-refractivity contribution in [2.45, 2.75) is 50.2 Å². The Balaban J connectivity index is 1.39. The number of hydrogen-bond acceptors (Lipinski definition) is 5. The van der Waals surface area contributed by atoms with E-state index in [0.717, 1.165) is 19.3 Å². The number of carbonyl (C=O) groups is 1. The third-order valence-corrected chi connectivity index (χ3v) is 5.21. The van der Waals surface area contributed by atoms with Crippen LogP contribution in [0, 0.1) is 0 Å². The zero-order valence-corrected chi connectivity index (χ0v) is 14.1. The van der Waals surface area contributed by atoms with Crippen LogP contribution < -0.4 is 16.4 Å². The average Bonchev–Trinajstić information content (AvgIpc) is 3.24. The molecule has 0 spiro atoms. The Morgan fingerprint density at radius 1 is 1.08 bits per heavy atom. The van der Waals surface area contributed by atoms with Crippen molar-refractivity contribution in [3.63, 3.8) is 0 Å². The molecule has 2 atom stereocenters. The lowest BCUT2D eigenvalue weighted by atomic mass is 10.1. The SMILES string of the molecule is N[C@@H]1c2ccccc2C[C@H]1Nc1ccc(C(=O)NC2CCCC2)nn1. The molecular weight excluding hydrogens is 314 g/mol. The molecule has 6 nitrogen and oxygen atoms in total. The molecule has 1 aromatic heterocycles. The van der Waals surface area contributed by atoms with Crippen molar-refractivity contribution in [2.75, 3.05) is 5.32 Å². The van der Waals surface area contributed by atoms with Gasteiger partial charge in [0, 0.05) is 6.04 Å². The summed E-state index contributed by atoms with van der Waals surface area (Å²) in [6.45, 7) is 0. The van der Waals surface area contributed by atoms with Crippen molar-refractivity contribution >= 4 is 11.7 Å². The molecule has 2 aromatic rings. The van der Waals surface area contributed by atoms with E-state index in [1.54, 1.807) is 12.1 Å². The lowest BCUT2D eigenvalue weighted by Crippen LogP contribution is -2.33. The quantitative estimate of drug-likeness (QED) is 0.795. The van der Waals surface area contributed by atoms with Gasteiger partial charge in [0.15, 0.2) is 5.69 Å². The highest BCUT2D eigenvalue weighted by atomic mass is 16.2. The Bertz CT molecular complexity index is 755. The third-order valence-electron chi connectivity index (χ3n) is 5.21. The van der Waals surface area contributed by atoms with Crippen LogP contribution in [0.1, 0.15) is 53.3 Å². The van der Waals surface area contributed by atoms with E-state index >= 15 is 0 Å². The Morgan fingerprint density at radius 3 is 2.60 bits per heavy atom. The fourth-order valence-electron chi connectivity index (χ4n) is 3.82. The molecule has 1 heterocycles. The number of amides is 1. The minimum Gasteiger partial charge on any atom is -0.364 e. The van der Waals surface area contributed by atoms with Gasteiger partial charge in [0.05, 0.1) is 12.1 Å². The minimum atomic E-state index is -0.143. The van der Waals surface area contributed by atoms with Crippen LogP contribution in [0.3, 0.4) is 0 Å². The lowest BCUT2D eigenvalue weighted by Gasteiger charge is -2.18. The van der Waals surface area contributed by atoms with Gasteiger partial charge in [-0.05, 0) is 42.5 Å². The number of carbonyl (C=O) groups excluding carboxylic acids is 1. The molecule has 2 aliphatic rings. The molecular formula is C19H23N5O. The first-order chi connectivity index (χ1) is 12.2. The summed E-state index contributed by atoms with van der Waals surface area (Å²) in [6.07, 6.45) is 5.34. The monoisotopic (exact) mass is 337 g/mol. The van der Waals surface area contributed by atoms with Crippen molar-refractivity contribution in [1.29, 1.82) is 0 Å². The van der Waals surface area contributed by atoms with Crippen molar-refractivity contribution in [3.8, 4) is 0 Å². The maximum Gasteiger partial charge on any atom is 0.272 e. The van der Waals surface area contributed by atoms with Gasteiger partial charge in [-0.2, -0.15) is 0 Å². The minimum absolute atomic E-state index is 0.0664. The number of aromatic nitrogens is 2. The summed E-state index contributed by atoms with van der Waals surface area (Å²) in [5.41, 5.74) is 9.14. The summed E-state index contributed by atoms with van der Waals surface area (Å²) in [6, 6.07) is 12.0. The van der Waals surface area contributed by atoms with Crippen molar-refractivity contribution in [1.82, 2.24) is 15.5 Å². The molecule has 4 N–H and O–H groups in total. The smallest absolute Gasteiger partial charge is 0.272 e. The highest BCUT2D eigenvalue weighted by molar-refractivity contribution is 5.92. The zero-order chi connectivity index (χ0) is 17.2. The fourth-order valence-corrected chi connectivity index (χ4v) is 3.82. The van der Waals surface area contributed by atoms with E-state index in [9.17, 15) is 4.79 Å². The number of hydrogen-bond donors (Lipinski definition) is 3. The molecule has 0 aliphatic heterocycles. The van der Waals surface area contributed by atoms with Gasteiger partial charge in [0.25, 0.3) is 5.91 Å². The number of nitrogens with two attached hydrogens (primary N) is 1. The predicted molar refractivity (Wildman–Crippen MR) is 96.2 cm³/mol. The van der Waals surface area contributed by atoms with Gasteiger partial charge in [-0.25, -0.2) is 0 Å². The van der Waals surface area contributed by atoms with E-state index in [0.29, 0.717) is 11.5 Å². The summed E-state index contributed by atoms with van der Waals surface area (Å²) in [5.74, 6) is 0.501. The first-order valence-corrected chi connectivity index (χ1v) is 8.95. The van der Waals surface area contributed by atoms with Gasteiger partial charge in [-0.15, -0.1) is 10.2 Å². The van der Waals surface area contributed by atoms with Crippen molar-refractivity contribution < 1.29 is 4.79 Å². The van der Waals surface area contributed by atoms with Crippen LogP contribution in [0.4, 0.5) is 5.82 Å². The number of rotatable bonds is 4. The number of benzene rings is 1. The zero-order valence-electron chi connectivity index (χ0n) is 14.1. The molecule has 1 saturated carbocycles. The second-order valence-electron chi connectivity index (χ2n) is 6.94. The highest BCUT2D eigenvalue weighted by Gasteiger charge is 2.29. The summed E-state index contributed by atoms with van der Waals surface area (Å²) in [7, 11) is 0. The molecule has 25 heavy (non-hydrogen) atoms. The number of fused-ring (bicyclic) bond motifs is 1. The van der Waals surface area contributed by atoms with Crippen LogP contribution in [0.2, 0.25) is 0 Å². The summed E-state index contributed by atoms with van der Waals surface area (Å²) in [5, 5.41) is 14.6. The van der Waals surface area contributed by atoms with Crippen LogP contribution in [-0.2, 0) is 6.42 Å². The Kier molecular flexibility index (Phi) is 4.36. The van der Waals surface area contributed by atoms with Gasteiger partial charge < -0.3 is 16.4 Å². The Hall–Kier alpha value is -2.47. The second-order valence-corrected chi connectivity index (χ2v) is 6.94. The molecule has 0 unspecified atom stereocenters. The Labute approximate surface area is 147 Å². The maximum atomic E-state index is 12.2. The van der Waals surface area contributed by atoms with E-state index < -0.39 is 0 Å². The fraction of sp³-hybridized carbons (Fsp3) is 0.421. The van der Waals surface area contributed by atoms with E-state index in [4.69, 9.17) is 5.73 Å². The molecule has 130 valence electrons. The molecule has 1 fully saturated rings. The van der Waals surface area contributed by atoms with Crippen LogP contribution >= 0.6 is 0 Å². The second kappa shape index (κ2) is 6.80. The molecule has 1 amide bonds. The maximum absolute atomic E-state index is 12.2. The van der Waals surface area contributed by atoms with E-state index in [2.05, 4.69) is 33.0 Å². The van der Waals surface area contributed by atoms with Crippen LogP contribution in [0.15, 0.2) is 36.4 Å². The molecule has 0 bridgehead atoms. The molecule has 1 aromatic carbocycles. The summed E-state index contributed by atoms with van der Waals surface area (Å²) in [4.78, 5) is 12.2. The first kappa shape index (κ1) is 16.0.